The Balaban J connectivity index is 1.63. The number of amides is 1. The normalized spacial score (nSPS) is 13.9. The van der Waals surface area contributed by atoms with Crippen molar-refractivity contribution in [1.82, 2.24) is 19.7 Å². The van der Waals surface area contributed by atoms with Crippen LogP contribution in [0.15, 0.2) is 47.3 Å². The van der Waals surface area contributed by atoms with E-state index in [1.807, 2.05) is 32.9 Å². The minimum atomic E-state index is -0.413. The Morgan fingerprint density at radius 3 is 2.45 bits per heavy atom. The molecule has 0 radical (unpaired) electrons. The first-order valence-corrected chi connectivity index (χ1v) is 10.6. The van der Waals surface area contributed by atoms with Gasteiger partial charge in [0.1, 0.15) is 5.75 Å². The molecule has 2 aromatic carbocycles. The molecule has 3 aromatic rings. The number of carbonyl (C=O) groups excluding carboxylic acids is 1. The van der Waals surface area contributed by atoms with E-state index in [4.69, 9.17) is 11.6 Å². The van der Waals surface area contributed by atoms with Crippen molar-refractivity contribution in [3.63, 3.8) is 0 Å². The summed E-state index contributed by atoms with van der Waals surface area (Å²) >= 11 is 6.00. The smallest absolute Gasteiger partial charge is 0.346 e. The summed E-state index contributed by atoms with van der Waals surface area (Å²) in [4.78, 5) is 25.4. The third-order valence-electron chi connectivity index (χ3n) is 5.01. The molecule has 1 heterocycles. The van der Waals surface area contributed by atoms with Gasteiger partial charge in [0.05, 0.1) is 12.1 Å². The highest BCUT2D eigenvalue weighted by Gasteiger charge is 2.30. The molecule has 1 aliphatic carbocycles. The van der Waals surface area contributed by atoms with Crippen molar-refractivity contribution in [1.29, 1.82) is 0 Å². The highest BCUT2D eigenvalue weighted by Crippen LogP contribution is 2.36. The van der Waals surface area contributed by atoms with Gasteiger partial charge >= 0.3 is 5.69 Å². The van der Waals surface area contributed by atoms with Crippen LogP contribution in [-0.2, 0) is 6.54 Å². The Morgan fingerprint density at radius 2 is 1.87 bits per heavy atom. The van der Waals surface area contributed by atoms with Gasteiger partial charge in [0.25, 0.3) is 5.91 Å². The van der Waals surface area contributed by atoms with Crippen LogP contribution in [0.2, 0.25) is 5.02 Å². The molecule has 0 bridgehead atoms. The number of nitrogens with zero attached hydrogens (tertiary/aromatic N) is 3. The maximum atomic E-state index is 13.0. The predicted molar refractivity (Wildman–Crippen MR) is 120 cm³/mol. The number of hydrogen-bond acceptors (Lipinski definition) is 4. The summed E-state index contributed by atoms with van der Waals surface area (Å²) in [7, 11) is 0. The lowest BCUT2D eigenvalue weighted by atomic mass is 10.1. The summed E-state index contributed by atoms with van der Waals surface area (Å²) in [6.07, 6.45) is 1.90. The molecule has 2 N–H and O–H groups in total. The van der Waals surface area contributed by atoms with Crippen LogP contribution in [0, 0.1) is 0 Å². The number of benzene rings is 2. The summed E-state index contributed by atoms with van der Waals surface area (Å²) in [5, 5.41) is 18.4. The fourth-order valence-corrected chi connectivity index (χ4v) is 3.56. The molecule has 1 amide bonds. The lowest BCUT2D eigenvalue weighted by Gasteiger charge is -2.20. The van der Waals surface area contributed by atoms with Crippen molar-refractivity contribution < 1.29 is 9.90 Å². The van der Waals surface area contributed by atoms with E-state index in [1.54, 1.807) is 28.8 Å². The first-order chi connectivity index (χ1) is 14.6. The second kappa shape index (κ2) is 7.89. The van der Waals surface area contributed by atoms with E-state index in [0.717, 1.165) is 18.4 Å². The van der Waals surface area contributed by atoms with Crippen molar-refractivity contribution in [2.45, 2.75) is 51.7 Å². The lowest BCUT2D eigenvalue weighted by molar-refractivity contribution is 0.0917. The fraction of sp³-hybridized carbons (Fsp3) is 0.348. The number of phenols is 1. The monoisotopic (exact) mass is 440 g/mol. The Labute approximate surface area is 185 Å². The van der Waals surface area contributed by atoms with E-state index in [0.29, 0.717) is 16.4 Å². The topological polar surface area (TPSA) is 89.2 Å². The molecule has 7 nitrogen and oxygen atoms in total. The Hall–Kier alpha value is -3.06. The minimum absolute atomic E-state index is 0.133. The molecule has 1 saturated carbocycles. The van der Waals surface area contributed by atoms with Gasteiger partial charge in [-0.25, -0.2) is 9.48 Å². The van der Waals surface area contributed by atoms with Gasteiger partial charge in [-0.2, -0.15) is 0 Å². The largest absolute Gasteiger partial charge is 0.507 e. The van der Waals surface area contributed by atoms with Crippen molar-refractivity contribution in [3.8, 4) is 17.1 Å². The Bertz CT molecular complexity index is 1190. The van der Waals surface area contributed by atoms with E-state index in [-0.39, 0.29) is 35.5 Å². The van der Waals surface area contributed by atoms with Crippen LogP contribution in [0.4, 0.5) is 0 Å². The SMILES string of the molecule is CC(C)(C)NC(=O)c1ccc(Cn2nc(-c3ccc(Cl)cc3)n(C3CC3)c2=O)cc1O. The third-order valence-corrected chi connectivity index (χ3v) is 5.26. The summed E-state index contributed by atoms with van der Waals surface area (Å²) in [5.74, 6) is 0.123. The molecule has 0 atom stereocenters. The van der Waals surface area contributed by atoms with Gasteiger partial charge in [0.2, 0.25) is 0 Å². The second-order valence-corrected chi connectivity index (χ2v) is 9.36. The Kier molecular flexibility index (Phi) is 5.39. The molecule has 0 aliphatic heterocycles. The molecule has 0 spiro atoms. The molecular weight excluding hydrogens is 416 g/mol. The zero-order chi connectivity index (χ0) is 22.3. The minimum Gasteiger partial charge on any atom is -0.507 e. The summed E-state index contributed by atoms with van der Waals surface area (Å²) < 4.78 is 3.13. The van der Waals surface area contributed by atoms with E-state index < -0.39 is 5.54 Å². The average molecular weight is 441 g/mol. The third kappa shape index (κ3) is 4.66. The van der Waals surface area contributed by atoms with Gasteiger partial charge in [-0.1, -0.05) is 17.7 Å². The van der Waals surface area contributed by atoms with Crippen LogP contribution >= 0.6 is 11.6 Å². The number of phenolic OH excluding ortho intramolecular Hbond substituents is 1. The maximum absolute atomic E-state index is 13.0. The van der Waals surface area contributed by atoms with E-state index in [2.05, 4.69) is 10.4 Å². The number of hydrogen-bond donors (Lipinski definition) is 2. The standard InChI is InChI=1S/C23H25ClN4O3/c1-23(2,3)25-21(30)18-11-4-14(12-19(18)29)13-27-22(31)28(17-9-10-17)20(26-27)15-5-7-16(24)8-6-15/h4-8,11-12,17,29H,9-10,13H2,1-3H3,(H,25,30). The number of nitrogens with one attached hydrogen (secondary N) is 1. The van der Waals surface area contributed by atoms with Crippen LogP contribution in [0.5, 0.6) is 5.75 Å². The van der Waals surface area contributed by atoms with Crippen molar-refractivity contribution in [2.24, 2.45) is 0 Å². The molecule has 0 saturated heterocycles. The molecular formula is C23H25ClN4O3. The molecule has 4 rings (SSSR count). The second-order valence-electron chi connectivity index (χ2n) is 8.93. The molecule has 1 aromatic heterocycles. The summed E-state index contributed by atoms with van der Waals surface area (Å²) in [5.41, 5.74) is 1.08. The van der Waals surface area contributed by atoms with Crippen LogP contribution in [-0.4, -0.2) is 30.9 Å². The fourth-order valence-electron chi connectivity index (χ4n) is 3.43. The zero-order valence-electron chi connectivity index (χ0n) is 17.7. The van der Waals surface area contributed by atoms with Crippen molar-refractivity contribution >= 4 is 17.5 Å². The van der Waals surface area contributed by atoms with Gasteiger partial charge in [0.15, 0.2) is 5.82 Å². The molecule has 8 heteroatoms. The van der Waals surface area contributed by atoms with Gasteiger partial charge in [0, 0.05) is 22.2 Å². The van der Waals surface area contributed by atoms with Crippen LogP contribution < -0.4 is 11.0 Å². The molecule has 162 valence electrons. The van der Waals surface area contributed by atoms with Crippen molar-refractivity contribution in [2.75, 3.05) is 0 Å². The van der Waals surface area contributed by atoms with Crippen LogP contribution in [0.1, 0.15) is 55.6 Å². The first-order valence-electron chi connectivity index (χ1n) is 10.2. The zero-order valence-corrected chi connectivity index (χ0v) is 18.5. The lowest BCUT2D eigenvalue weighted by Crippen LogP contribution is -2.40. The van der Waals surface area contributed by atoms with Crippen LogP contribution in [0.25, 0.3) is 11.4 Å². The number of aromatic nitrogens is 3. The summed E-state index contributed by atoms with van der Waals surface area (Å²) in [6.45, 7) is 5.81. The molecule has 1 aliphatic rings. The van der Waals surface area contributed by atoms with Crippen LogP contribution in [0.3, 0.4) is 0 Å². The average Bonchev–Trinajstić information content (AvgIpc) is 3.46. The van der Waals surface area contributed by atoms with E-state index >= 15 is 0 Å². The van der Waals surface area contributed by atoms with E-state index in [9.17, 15) is 14.7 Å². The quantitative estimate of drug-likeness (QED) is 0.628. The van der Waals surface area contributed by atoms with E-state index in [1.165, 1.54) is 10.7 Å². The molecule has 31 heavy (non-hydrogen) atoms. The maximum Gasteiger partial charge on any atom is 0.346 e. The highest BCUT2D eigenvalue weighted by atomic mass is 35.5. The summed E-state index contributed by atoms with van der Waals surface area (Å²) in [6, 6.07) is 12.2. The number of carbonyl (C=O) groups is 1. The van der Waals surface area contributed by atoms with Gasteiger partial charge in [-0.3, -0.25) is 9.36 Å². The highest BCUT2D eigenvalue weighted by molar-refractivity contribution is 6.30. The number of rotatable bonds is 5. The van der Waals surface area contributed by atoms with Gasteiger partial charge < -0.3 is 10.4 Å². The molecule has 0 unspecified atom stereocenters. The first kappa shape index (κ1) is 21.2. The predicted octanol–water partition coefficient (Wildman–Crippen LogP) is 3.98. The van der Waals surface area contributed by atoms with Crippen molar-refractivity contribution in [3.05, 3.63) is 69.1 Å². The van der Waals surface area contributed by atoms with Gasteiger partial charge in [-0.05, 0) is 75.6 Å². The molecule has 1 fully saturated rings. The number of aromatic hydroxyl groups is 1. The number of halogens is 1. The Morgan fingerprint density at radius 1 is 1.19 bits per heavy atom. The van der Waals surface area contributed by atoms with Gasteiger partial charge in [-0.15, -0.1) is 5.10 Å².